The topological polar surface area (TPSA) is 20.2 Å². The minimum atomic E-state index is -0.412. The Labute approximate surface area is 112 Å². The van der Waals surface area contributed by atoms with Crippen LogP contribution in [0.25, 0.3) is 0 Å². The van der Waals surface area contributed by atoms with Gasteiger partial charge in [-0.25, -0.2) is 4.39 Å². The molecule has 1 atom stereocenters. The summed E-state index contributed by atoms with van der Waals surface area (Å²) in [4.78, 5) is 0. The summed E-state index contributed by atoms with van der Waals surface area (Å²) in [6.07, 6.45) is 7.78. The molecule has 0 radical (unpaired) electrons. The second kappa shape index (κ2) is 6.35. The van der Waals surface area contributed by atoms with Crippen LogP contribution in [0, 0.1) is 5.82 Å². The number of aliphatic hydroxyl groups excluding tert-OH is 1. The molecule has 1 nitrogen and oxygen atoms in total. The van der Waals surface area contributed by atoms with E-state index in [0.29, 0.717) is 6.42 Å². The largest absolute Gasteiger partial charge is 0.392 e. The van der Waals surface area contributed by atoms with Gasteiger partial charge in [0.1, 0.15) is 5.82 Å². The van der Waals surface area contributed by atoms with Crippen LogP contribution in [0.4, 0.5) is 4.39 Å². The molecule has 0 aromatic heterocycles. The van der Waals surface area contributed by atoms with E-state index in [4.69, 9.17) is 11.6 Å². The highest BCUT2D eigenvalue weighted by atomic mass is 35.5. The third-order valence-electron chi connectivity index (χ3n) is 3.34. The first-order valence-corrected chi connectivity index (χ1v) is 6.83. The summed E-state index contributed by atoms with van der Waals surface area (Å²) in [7, 11) is 0. The normalized spacial score (nSPS) is 17.4. The van der Waals surface area contributed by atoms with Gasteiger partial charge >= 0.3 is 0 Å². The van der Waals surface area contributed by atoms with Crippen molar-refractivity contribution in [3.63, 3.8) is 0 Å². The van der Waals surface area contributed by atoms with Gasteiger partial charge in [-0.2, -0.15) is 0 Å². The highest BCUT2D eigenvalue weighted by molar-refractivity contribution is 6.30. The molecule has 98 valence electrons. The molecular weight excluding hydrogens is 251 g/mol. The van der Waals surface area contributed by atoms with Gasteiger partial charge < -0.3 is 5.11 Å². The van der Waals surface area contributed by atoms with E-state index in [0.717, 1.165) is 24.8 Å². The smallest absolute Gasteiger partial charge is 0.141 e. The second-order valence-corrected chi connectivity index (χ2v) is 5.33. The zero-order chi connectivity index (χ0) is 13.0. The molecule has 1 aliphatic rings. The van der Waals surface area contributed by atoms with Crippen molar-refractivity contribution in [3.05, 3.63) is 46.3 Å². The highest BCUT2D eigenvalue weighted by Gasteiger charge is 2.11. The van der Waals surface area contributed by atoms with Gasteiger partial charge in [-0.1, -0.05) is 29.3 Å². The van der Waals surface area contributed by atoms with Crippen molar-refractivity contribution in [1.82, 2.24) is 0 Å². The average Bonchev–Trinajstić information content (AvgIpc) is 2.35. The van der Waals surface area contributed by atoms with Crippen molar-refractivity contribution in [2.75, 3.05) is 0 Å². The Kier molecular flexibility index (Phi) is 4.79. The second-order valence-electron chi connectivity index (χ2n) is 4.92. The Morgan fingerprint density at radius 1 is 1.28 bits per heavy atom. The fourth-order valence-corrected chi connectivity index (χ4v) is 2.61. The lowest BCUT2D eigenvalue weighted by Crippen LogP contribution is -2.12. The van der Waals surface area contributed by atoms with Gasteiger partial charge in [-0.3, -0.25) is 0 Å². The molecule has 2 rings (SSSR count). The number of allylic oxidation sites excluding steroid dienone is 1. The van der Waals surface area contributed by atoms with Crippen LogP contribution in [0.1, 0.15) is 37.7 Å². The number of aliphatic hydroxyl groups is 1. The first-order valence-electron chi connectivity index (χ1n) is 6.45. The molecule has 0 saturated heterocycles. The number of benzene rings is 1. The maximum absolute atomic E-state index is 13.0. The highest BCUT2D eigenvalue weighted by Crippen LogP contribution is 2.23. The lowest BCUT2D eigenvalue weighted by molar-refractivity contribution is 0.173. The Morgan fingerprint density at radius 2 is 2.11 bits per heavy atom. The lowest BCUT2D eigenvalue weighted by atomic mass is 9.93. The van der Waals surface area contributed by atoms with Crippen molar-refractivity contribution in [3.8, 4) is 0 Å². The summed E-state index contributed by atoms with van der Waals surface area (Å²) in [5, 5.41) is 10.2. The molecule has 0 bridgehead atoms. The van der Waals surface area contributed by atoms with Crippen LogP contribution in [0.15, 0.2) is 29.8 Å². The molecule has 0 saturated carbocycles. The van der Waals surface area contributed by atoms with E-state index in [9.17, 15) is 9.50 Å². The van der Waals surface area contributed by atoms with Crippen molar-refractivity contribution in [1.29, 1.82) is 0 Å². The Morgan fingerprint density at radius 3 is 2.78 bits per heavy atom. The third kappa shape index (κ3) is 3.82. The molecule has 0 spiro atoms. The minimum absolute atomic E-state index is 0.122. The molecule has 1 aromatic carbocycles. The predicted molar refractivity (Wildman–Crippen MR) is 72.3 cm³/mol. The Hall–Kier alpha value is -0.860. The van der Waals surface area contributed by atoms with Gasteiger partial charge in [0.2, 0.25) is 0 Å². The van der Waals surface area contributed by atoms with E-state index in [1.54, 1.807) is 12.1 Å². The monoisotopic (exact) mass is 268 g/mol. The van der Waals surface area contributed by atoms with E-state index in [1.165, 1.54) is 24.5 Å². The van der Waals surface area contributed by atoms with E-state index in [2.05, 4.69) is 6.08 Å². The lowest BCUT2D eigenvalue weighted by Gasteiger charge is -2.16. The molecule has 0 heterocycles. The molecule has 0 amide bonds. The molecule has 1 aromatic rings. The van der Waals surface area contributed by atoms with Crippen LogP contribution < -0.4 is 0 Å². The Balaban J connectivity index is 1.92. The summed E-state index contributed by atoms with van der Waals surface area (Å²) in [5.41, 5.74) is 2.23. The standard InChI is InChI=1S/C15H18ClFO/c16-14-10-12(6-7-15(14)17)9-13(18)8-11-4-2-1-3-5-11/h4,6-7,10,13,18H,1-3,5,8-9H2. The molecule has 1 unspecified atom stereocenters. The van der Waals surface area contributed by atoms with Crippen molar-refractivity contribution < 1.29 is 9.50 Å². The van der Waals surface area contributed by atoms with Gasteiger partial charge in [-0.05, 0) is 56.2 Å². The summed E-state index contributed by atoms with van der Waals surface area (Å²) in [5.74, 6) is -0.412. The third-order valence-corrected chi connectivity index (χ3v) is 3.63. The average molecular weight is 269 g/mol. The maximum atomic E-state index is 13.0. The molecular formula is C15H18ClFO. The SMILES string of the molecule is OC(CC1=CCCCC1)Cc1ccc(F)c(Cl)c1. The van der Waals surface area contributed by atoms with Gasteiger partial charge in [0.05, 0.1) is 11.1 Å². The first kappa shape index (κ1) is 13.6. The molecule has 3 heteroatoms. The van der Waals surface area contributed by atoms with Gasteiger partial charge in [0.25, 0.3) is 0 Å². The summed E-state index contributed by atoms with van der Waals surface area (Å²) < 4.78 is 13.0. The fourth-order valence-electron chi connectivity index (χ4n) is 2.40. The van der Waals surface area contributed by atoms with E-state index in [-0.39, 0.29) is 5.02 Å². The number of halogens is 2. The van der Waals surface area contributed by atoms with E-state index < -0.39 is 11.9 Å². The fraction of sp³-hybridized carbons (Fsp3) is 0.467. The molecule has 18 heavy (non-hydrogen) atoms. The van der Waals surface area contributed by atoms with E-state index >= 15 is 0 Å². The number of rotatable bonds is 4. The predicted octanol–water partition coefficient (Wildman–Crippen LogP) is 4.27. The van der Waals surface area contributed by atoms with Crippen LogP contribution in [0.2, 0.25) is 5.02 Å². The molecule has 0 aliphatic heterocycles. The molecule has 1 aliphatic carbocycles. The zero-order valence-corrected chi connectivity index (χ0v) is 11.1. The van der Waals surface area contributed by atoms with Crippen molar-refractivity contribution >= 4 is 11.6 Å². The van der Waals surface area contributed by atoms with Gasteiger partial charge in [0, 0.05) is 0 Å². The van der Waals surface area contributed by atoms with Crippen LogP contribution in [-0.2, 0) is 6.42 Å². The summed E-state index contributed by atoms with van der Waals surface area (Å²) >= 11 is 5.72. The van der Waals surface area contributed by atoms with Crippen LogP contribution in [-0.4, -0.2) is 11.2 Å². The Bertz CT molecular complexity index is 442. The number of hydrogen-bond donors (Lipinski definition) is 1. The quantitative estimate of drug-likeness (QED) is 0.809. The van der Waals surface area contributed by atoms with E-state index in [1.807, 2.05) is 0 Å². The minimum Gasteiger partial charge on any atom is -0.392 e. The maximum Gasteiger partial charge on any atom is 0.141 e. The van der Waals surface area contributed by atoms with Gasteiger partial charge in [-0.15, -0.1) is 0 Å². The first-order chi connectivity index (χ1) is 8.65. The van der Waals surface area contributed by atoms with Crippen molar-refractivity contribution in [2.45, 2.75) is 44.6 Å². The zero-order valence-electron chi connectivity index (χ0n) is 10.3. The van der Waals surface area contributed by atoms with Crippen LogP contribution in [0.5, 0.6) is 0 Å². The summed E-state index contributed by atoms with van der Waals surface area (Å²) in [6.45, 7) is 0. The number of hydrogen-bond acceptors (Lipinski definition) is 1. The summed E-state index contributed by atoms with van der Waals surface area (Å²) in [6, 6.07) is 4.62. The van der Waals surface area contributed by atoms with Gasteiger partial charge in [0.15, 0.2) is 0 Å². The molecule has 1 N–H and O–H groups in total. The van der Waals surface area contributed by atoms with Crippen LogP contribution >= 0.6 is 11.6 Å². The molecule has 0 fully saturated rings. The van der Waals surface area contributed by atoms with Crippen molar-refractivity contribution in [2.24, 2.45) is 0 Å². The van der Waals surface area contributed by atoms with Crippen LogP contribution in [0.3, 0.4) is 0 Å².